The molecule has 3 rings (SSSR count). The van der Waals surface area contributed by atoms with Crippen molar-refractivity contribution >= 4 is 23.0 Å². The van der Waals surface area contributed by atoms with E-state index < -0.39 is 5.54 Å². The zero-order valence-corrected chi connectivity index (χ0v) is 26.2. The van der Waals surface area contributed by atoms with Crippen LogP contribution >= 0.6 is 11.6 Å². The molecular weight excluding hydrogens is 530 g/mol. The Hall–Kier alpha value is -2.89. The number of non-ortho nitro benzene ring substituents is 1. The Labute approximate surface area is 252 Å². The molecule has 0 aliphatic heterocycles. The number of unbranched alkanes of at least 4 members (excludes halogenated alkanes) is 4. The van der Waals surface area contributed by atoms with Crippen molar-refractivity contribution in [1.82, 2.24) is 4.90 Å². The van der Waals surface area contributed by atoms with Gasteiger partial charge in [-0.15, -0.1) is 0 Å². The molecular formula is C35H48ClN3O2. The van der Waals surface area contributed by atoms with Crippen LogP contribution in [0, 0.1) is 10.1 Å². The Balaban J connectivity index is 2.48. The normalized spacial score (nSPS) is 11.7. The van der Waals surface area contributed by atoms with E-state index in [9.17, 15) is 10.1 Å². The summed E-state index contributed by atoms with van der Waals surface area (Å²) in [5.74, 6) is 0. The molecule has 0 aromatic heterocycles. The maximum absolute atomic E-state index is 12.5. The monoisotopic (exact) mass is 577 g/mol. The highest BCUT2D eigenvalue weighted by molar-refractivity contribution is 6.34. The van der Waals surface area contributed by atoms with Crippen molar-refractivity contribution < 1.29 is 4.92 Å². The summed E-state index contributed by atoms with van der Waals surface area (Å²) in [6.07, 6.45) is 8.23. The van der Waals surface area contributed by atoms with Crippen LogP contribution in [0.3, 0.4) is 0 Å². The van der Waals surface area contributed by atoms with Gasteiger partial charge in [0.2, 0.25) is 0 Å². The van der Waals surface area contributed by atoms with Gasteiger partial charge in [0, 0.05) is 30.8 Å². The molecule has 0 heterocycles. The Morgan fingerprint density at radius 2 is 1.15 bits per heavy atom. The van der Waals surface area contributed by atoms with Gasteiger partial charge in [0.25, 0.3) is 5.69 Å². The fourth-order valence-corrected chi connectivity index (χ4v) is 6.13. The second-order valence-corrected chi connectivity index (χ2v) is 11.3. The number of benzene rings is 3. The van der Waals surface area contributed by atoms with Crippen LogP contribution in [-0.2, 0) is 5.54 Å². The number of hydrogen-bond acceptors (Lipinski definition) is 4. The fourth-order valence-electron chi connectivity index (χ4n) is 5.76. The molecule has 0 spiro atoms. The van der Waals surface area contributed by atoms with E-state index >= 15 is 0 Å². The van der Waals surface area contributed by atoms with Gasteiger partial charge in [0.1, 0.15) is 0 Å². The van der Waals surface area contributed by atoms with Gasteiger partial charge >= 0.3 is 0 Å². The molecule has 0 radical (unpaired) electrons. The van der Waals surface area contributed by atoms with Crippen LogP contribution in [0.1, 0.15) is 95.8 Å². The lowest BCUT2D eigenvalue weighted by molar-refractivity contribution is -0.384. The van der Waals surface area contributed by atoms with Crippen molar-refractivity contribution in [3.05, 3.63) is 105 Å². The number of rotatable bonds is 18. The maximum Gasteiger partial charge on any atom is 0.271 e. The van der Waals surface area contributed by atoms with Gasteiger partial charge in [-0.1, -0.05) is 126 Å². The van der Waals surface area contributed by atoms with E-state index in [1.165, 1.54) is 0 Å². The molecule has 0 aliphatic rings. The van der Waals surface area contributed by atoms with Crippen molar-refractivity contribution in [2.24, 2.45) is 0 Å². The van der Waals surface area contributed by atoms with Crippen molar-refractivity contribution in [3.63, 3.8) is 0 Å². The third-order valence-corrected chi connectivity index (χ3v) is 8.36. The molecule has 0 N–H and O–H groups in total. The minimum Gasteiger partial charge on any atom is -0.370 e. The first kappa shape index (κ1) is 32.6. The third-order valence-electron chi connectivity index (χ3n) is 7.96. The number of nitrogens with zero attached hydrogens (tertiary/aromatic N) is 3. The Morgan fingerprint density at radius 1 is 0.707 bits per heavy atom. The summed E-state index contributed by atoms with van der Waals surface area (Å²) in [6.45, 7) is 12.1. The molecule has 41 heavy (non-hydrogen) atoms. The molecule has 0 amide bonds. The lowest BCUT2D eigenvalue weighted by Crippen LogP contribution is -2.49. The van der Waals surface area contributed by atoms with Crippen LogP contribution < -0.4 is 4.90 Å². The predicted octanol–water partition coefficient (Wildman–Crippen LogP) is 9.85. The molecule has 0 unspecified atom stereocenters. The molecule has 0 atom stereocenters. The molecule has 0 saturated heterocycles. The number of hydrogen-bond donors (Lipinski definition) is 0. The Kier molecular flexibility index (Phi) is 13.1. The lowest BCUT2D eigenvalue weighted by atomic mass is 9.74. The number of anilines is 1. The summed E-state index contributed by atoms with van der Waals surface area (Å²) >= 11 is 7.54. The summed E-state index contributed by atoms with van der Waals surface area (Å²) in [6, 6.07) is 24.3. The van der Waals surface area contributed by atoms with Gasteiger partial charge in [-0.05, 0) is 49.9 Å². The van der Waals surface area contributed by atoms with Gasteiger partial charge in [0.15, 0.2) is 0 Å². The highest BCUT2D eigenvalue weighted by Gasteiger charge is 2.44. The first-order chi connectivity index (χ1) is 19.9. The first-order valence-electron chi connectivity index (χ1n) is 15.5. The molecule has 0 bridgehead atoms. The summed E-state index contributed by atoms with van der Waals surface area (Å²) in [4.78, 5) is 17.1. The van der Waals surface area contributed by atoms with Crippen molar-refractivity contribution in [2.75, 3.05) is 31.1 Å². The Bertz CT molecular complexity index is 1150. The highest BCUT2D eigenvalue weighted by atomic mass is 35.5. The molecule has 222 valence electrons. The molecule has 5 nitrogen and oxygen atoms in total. The number of nitro benzene ring substituents is 1. The van der Waals surface area contributed by atoms with Crippen LogP contribution in [0.4, 0.5) is 11.4 Å². The van der Waals surface area contributed by atoms with E-state index in [1.54, 1.807) is 12.1 Å². The molecule has 0 aliphatic carbocycles. The van der Waals surface area contributed by atoms with Crippen LogP contribution in [-0.4, -0.2) is 36.0 Å². The molecule has 0 saturated carbocycles. The summed E-state index contributed by atoms with van der Waals surface area (Å²) < 4.78 is 0. The molecule has 0 fully saturated rings. The van der Waals surface area contributed by atoms with E-state index in [-0.39, 0.29) is 10.6 Å². The Morgan fingerprint density at radius 3 is 1.56 bits per heavy atom. The van der Waals surface area contributed by atoms with E-state index in [0.717, 1.165) is 99.9 Å². The van der Waals surface area contributed by atoms with Crippen molar-refractivity contribution in [1.29, 1.82) is 0 Å². The quantitative estimate of drug-likeness (QED) is 0.0857. The van der Waals surface area contributed by atoms with E-state index in [2.05, 4.69) is 86.0 Å². The minimum atomic E-state index is -0.800. The predicted molar refractivity (Wildman–Crippen MR) is 174 cm³/mol. The smallest absolute Gasteiger partial charge is 0.271 e. The topological polar surface area (TPSA) is 49.6 Å². The first-order valence-corrected chi connectivity index (χ1v) is 15.9. The molecule has 6 heteroatoms. The average molecular weight is 578 g/mol. The standard InChI is InChI=1S/C35H48ClN3O2/c1-5-9-23-37(24-10-6-2)33-28-31(39(40)41)27-32(34(33)36)35(29-19-15-13-16-20-29,30-21-17-14-18-22-30)38(25-11-7-3)26-12-8-4/h13-22,27-28H,5-12,23-26H2,1-4H3. The number of halogens is 1. The van der Waals surface area contributed by atoms with E-state index in [4.69, 9.17) is 11.6 Å². The van der Waals surface area contributed by atoms with Crippen LogP contribution in [0.2, 0.25) is 5.02 Å². The summed E-state index contributed by atoms with van der Waals surface area (Å²) in [5, 5.41) is 13.1. The van der Waals surface area contributed by atoms with Crippen molar-refractivity contribution in [2.45, 2.75) is 84.6 Å². The van der Waals surface area contributed by atoms with Gasteiger partial charge in [-0.3, -0.25) is 15.0 Å². The van der Waals surface area contributed by atoms with E-state index in [0.29, 0.717) is 5.02 Å². The zero-order valence-electron chi connectivity index (χ0n) is 25.4. The average Bonchev–Trinajstić information content (AvgIpc) is 3.00. The molecule has 3 aromatic rings. The lowest BCUT2D eigenvalue weighted by Gasteiger charge is -2.46. The highest BCUT2D eigenvalue weighted by Crippen LogP contribution is 2.49. The zero-order chi connectivity index (χ0) is 29.7. The van der Waals surface area contributed by atoms with Gasteiger partial charge in [-0.2, -0.15) is 0 Å². The van der Waals surface area contributed by atoms with E-state index in [1.807, 2.05) is 12.1 Å². The molecule has 3 aromatic carbocycles. The second-order valence-electron chi connectivity index (χ2n) is 10.9. The van der Waals surface area contributed by atoms with Crippen LogP contribution in [0.5, 0.6) is 0 Å². The minimum absolute atomic E-state index is 0.0829. The SMILES string of the molecule is CCCCN(CCCC)c1cc([N+](=O)[O-])cc(C(c2ccccc2)(c2ccccc2)N(CCCC)CCCC)c1Cl. The fraction of sp³-hybridized carbons (Fsp3) is 0.486. The van der Waals surface area contributed by atoms with Gasteiger partial charge in [-0.25, -0.2) is 0 Å². The van der Waals surface area contributed by atoms with Crippen LogP contribution in [0.25, 0.3) is 0 Å². The van der Waals surface area contributed by atoms with Gasteiger partial charge < -0.3 is 4.90 Å². The third kappa shape index (κ3) is 7.69. The number of nitro groups is 1. The van der Waals surface area contributed by atoms with Crippen LogP contribution in [0.15, 0.2) is 72.8 Å². The van der Waals surface area contributed by atoms with Gasteiger partial charge in [0.05, 0.1) is 21.2 Å². The summed E-state index contributed by atoms with van der Waals surface area (Å²) in [5.41, 5.74) is 2.97. The second kappa shape index (κ2) is 16.5. The largest absolute Gasteiger partial charge is 0.370 e. The maximum atomic E-state index is 12.5. The van der Waals surface area contributed by atoms with Crippen molar-refractivity contribution in [3.8, 4) is 0 Å². The summed E-state index contributed by atoms with van der Waals surface area (Å²) in [7, 11) is 0.